The molecule has 9 rings (SSSR count). The van der Waals surface area contributed by atoms with Crippen LogP contribution in [0.2, 0.25) is 0 Å². The summed E-state index contributed by atoms with van der Waals surface area (Å²) in [5, 5.41) is 34.8. The predicted molar refractivity (Wildman–Crippen MR) is 200 cm³/mol. The summed E-state index contributed by atoms with van der Waals surface area (Å²) in [5.41, 5.74) is 10.8. The maximum atomic E-state index is 10.5. The normalized spacial score (nSPS) is 11.1. The fourth-order valence-corrected chi connectivity index (χ4v) is 7.48. The average molecular weight is 636 g/mol. The van der Waals surface area contributed by atoms with Crippen molar-refractivity contribution in [3.05, 3.63) is 168 Å². The first-order valence-electron chi connectivity index (χ1n) is 16.3. The lowest BCUT2D eigenvalue weighted by Gasteiger charge is -2.15. The molecule has 0 radical (unpaired) electrons. The predicted octanol–water partition coefficient (Wildman–Crippen LogP) is 10.8. The van der Waals surface area contributed by atoms with Crippen molar-refractivity contribution < 1.29 is 0 Å². The summed E-state index contributed by atoms with van der Waals surface area (Å²) in [4.78, 5) is 0. The highest BCUT2D eigenvalue weighted by Gasteiger charge is 2.19. The lowest BCUT2D eigenvalue weighted by molar-refractivity contribution is 1.17. The molecule has 0 spiro atoms. The van der Waals surface area contributed by atoms with Crippen molar-refractivity contribution in [2.45, 2.75) is 0 Å². The van der Waals surface area contributed by atoms with Crippen LogP contribution in [0.5, 0.6) is 0 Å². The third-order valence-corrected chi connectivity index (χ3v) is 9.63. The number of hydrogen-bond donors (Lipinski definition) is 0. The molecule has 0 fully saturated rings. The van der Waals surface area contributed by atoms with Crippen LogP contribution in [0.1, 0.15) is 16.7 Å². The number of para-hydroxylation sites is 4. The fourth-order valence-electron chi connectivity index (χ4n) is 7.48. The van der Waals surface area contributed by atoms with Crippen molar-refractivity contribution in [2.24, 2.45) is 0 Å². The van der Waals surface area contributed by atoms with Gasteiger partial charge in [-0.1, -0.05) is 97.1 Å². The first-order valence-corrected chi connectivity index (χ1v) is 16.3. The van der Waals surface area contributed by atoms with E-state index in [1.165, 1.54) is 10.8 Å². The summed E-state index contributed by atoms with van der Waals surface area (Å²) >= 11 is 0. The molecule has 0 amide bonds. The highest BCUT2D eigenvalue weighted by atomic mass is 15.0. The van der Waals surface area contributed by atoms with Crippen LogP contribution in [0.25, 0.3) is 77.2 Å². The second kappa shape index (κ2) is 11.4. The van der Waals surface area contributed by atoms with Crippen molar-refractivity contribution in [1.29, 1.82) is 15.8 Å². The molecule has 7 aromatic carbocycles. The summed E-state index contributed by atoms with van der Waals surface area (Å²) in [6.45, 7) is 0. The summed E-state index contributed by atoms with van der Waals surface area (Å²) < 4.78 is 4.38. The lowest BCUT2D eigenvalue weighted by Crippen LogP contribution is -1.99. The van der Waals surface area contributed by atoms with E-state index in [1.807, 2.05) is 60.7 Å². The van der Waals surface area contributed by atoms with E-state index in [4.69, 9.17) is 0 Å². The summed E-state index contributed by atoms with van der Waals surface area (Å²) in [6, 6.07) is 57.8. The number of aromatic nitrogens is 2. The molecule has 0 saturated heterocycles. The quantitative estimate of drug-likeness (QED) is 0.193. The molecule has 2 heterocycles. The van der Waals surface area contributed by atoms with Crippen LogP contribution in [-0.2, 0) is 0 Å². The van der Waals surface area contributed by atoms with Gasteiger partial charge < -0.3 is 9.13 Å². The number of nitriles is 3. The van der Waals surface area contributed by atoms with E-state index >= 15 is 0 Å². The van der Waals surface area contributed by atoms with Crippen LogP contribution in [-0.4, -0.2) is 9.13 Å². The van der Waals surface area contributed by atoms with Crippen molar-refractivity contribution >= 4 is 43.6 Å². The molecule has 0 aliphatic rings. The highest BCUT2D eigenvalue weighted by Crippen LogP contribution is 2.39. The Labute approximate surface area is 287 Å². The van der Waals surface area contributed by atoms with Gasteiger partial charge in [-0.05, 0) is 65.7 Å². The van der Waals surface area contributed by atoms with E-state index < -0.39 is 0 Å². The third-order valence-electron chi connectivity index (χ3n) is 9.63. The number of hydrogen-bond acceptors (Lipinski definition) is 3. The van der Waals surface area contributed by atoms with Gasteiger partial charge in [0, 0.05) is 38.4 Å². The monoisotopic (exact) mass is 635 g/mol. The van der Waals surface area contributed by atoms with Crippen molar-refractivity contribution in [1.82, 2.24) is 9.13 Å². The minimum Gasteiger partial charge on any atom is -0.309 e. The molecule has 5 heteroatoms. The van der Waals surface area contributed by atoms with Gasteiger partial charge in [0.25, 0.3) is 0 Å². The van der Waals surface area contributed by atoms with Gasteiger partial charge in [0.05, 0.1) is 62.7 Å². The third kappa shape index (κ3) is 4.31. The SMILES string of the molecule is N#Cc1ccc2c(c1)c1ccccc1n2-c1cc(C#N)c(-c2ccc(-c3ccccc3-n3c4ccccc4c4ccccc43)cc2)c(C#N)c1. The van der Waals surface area contributed by atoms with E-state index in [0.717, 1.165) is 60.9 Å². The molecular formula is C45H25N5. The Hall–Kier alpha value is -7.39. The van der Waals surface area contributed by atoms with Crippen LogP contribution in [0, 0.1) is 34.0 Å². The maximum absolute atomic E-state index is 10.5. The zero-order valence-electron chi connectivity index (χ0n) is 26.7. The molecule has 0 unspecified atom stereocenters. The lowest BCUT2D eigenvalue weighted by atomic mass is 9.92. The maximum Gasteiger partial charge on any atom is 0.0999 e. The van der Waals surface area contributed by atoms with Crippen molar-refractivity contribution in [2.75, 3.05) is 0 Å². The molecule has 0 saturated carbocycles. The van der Waals surface area contributed by atoms with E-state index in [-0.39, 0.29) is 0 Å². The standard InChI is InChI=1S/C45H25N5/c46-26-29-17-22-44-39(23-29)38-12-4-6-14-41(38)49(44)34-24-32(27-47)45(33(25-34)28-48)31-20-18-30(19-21-31)35-9-1-5-13-40(35)50-42-15-7-2-10-36(42)37-11-3-8-16-43(37)50/h1-25H. The average Bonchev–Trinajstić information content (AvgIpc) is 3.70. The molecule has 50 heavy (non-hydrogen) atoms. The Morgan fingerprint density at radius 2 is 0.900 bits per heavy atom. The summed E-state index contributed by atoms with van der Waals surface area (Å²) in [7, 11) is 0. The molecule has 0 atom stereocenters. The first-order chi connectivity index (χ1) is 24.7. The Kier molecular flexibility index (Phi) is 6.56. The molecule has 0 aliphatic carbocycles. The van der Waals surface area contributed by atoms with Crippen molar-refractivity contribution in [3.63, 3.8) is 0 Å². The highest BCUT2D eigenvalue weighted by molar-refractivity contribution is 6.11. The summed E-state index contributed by atoms with van der Waals surface area (Å²) in [5.74, 6) is 0. The van der Waals surface area contributed by atoms with Gasteiger partial charge >= 0.3 is 0 Å². The van der Waals surface area contributed by atoms with Crippen LogP contribution in [0.15, 0.2) is 152 Å². The molecule has 2 aromatic heterocycles. The zero-order valence-corrected chi connectivity index (χ0v) is 26.7. The minimum absolute atomic E-state index is 0.414. The van der Waals surface area contributed by atoms with Gasteiger partial charge in [0.2, 0.25) is 0 Å². The van der Waals surface area contributed by atoms with E-state index in [2.05, 4.69) is 112 Å². The molecule has 0 bridgehead atoms. The second-order valence-corrected chi connectivity index (χ2v) is 12.3. The molecule has 5 nitrogen and oxygen atoms in total. The topological polar surface area (TPSA) is 81.2 Å². The zero-order chi connectivity index (χ0) is 33.8. The second-order valence-electron chi connectivity index (χ2n) is 12.3. The molecule has 0 aliphatic heterocycles. The number of rotatable bonds is 4. The number of fused-ring (bicyclic) bond motifs is 6. The number of benzene rings is 7. The molecule has 230 valence electrons. The first kappa shape index (κ1) is 28.8. The van der Waals surface area contributed by atoms with Gasteiger partial charge in [0.15, 0.2) is 0 Å². The number of nitrogens with zero attached hydrogens (tertiary/aromatic N) is 5. The Balaban J connectivity index is 1.18. The Bertz CT molecular complexity index is 2870. The van der Waals surface area contributed by atoms with Gasteiger partial charge in [-0.25, -0.2) is 0 Å². The fraction of sp³-hybridized carbons (Fsp3) is 0. The van der Waals surface area contributed by atoms with Gasteiger partial charge in [-0.15, -0.1) is 0 Å². The Morgan fingerprint density at radius 3 is 1.50 bits per heavy atom. The molecule has 0 N–H and O–H groups in total. The smallest absolute Gasteiger partial charge is 0.0999 e. The summed E-state index contributed by atoms with van der Waals surface area (Å²) in [6.07, 6.45) is 0. The molecule has 9 aromatic rings. The molecular weight excluding hydrogens is 611 g/mol. The van der Waals surface area contributed by atoms with Crippen LogP contribution in [0.4, 0.5) is 0 Å². The van der Waals surface area contributed by atoms with E-state index in [1.54, 1.807) is 6.07 Å². The van der Waals surface area contributed by atoms with Crippen LogP contribution >= 0.6 is 0 Å². The van der Waals surface area contributed by atoms with Crippen LogP contribution < -0.4 is 0 Å². The minimum atomic E-state index is 0.414. The van der Waals surface area contributed by atoms with E-state index in [0.29, 0.717) is 22.3 Å². The van der Waals surface area contributed by atoms with Crippen molar-refractivity contribution in [3.8, 4) is 51.8 Å². The van der Waals surface area contributed by atoms with Crippen LogP contribution in [0.3, 0.4) is 0 Å². The Morgan fingerprint density at radius 1 is 0.400 bits per heavy atom. The van der Waals surface area contributed by atoms with Gasteiger partial charge in [-0.2, -0.15) is 15.8 Å². The van der Waals surface area contributed by atoms with E-state index in [9.17, 15) is 15.8 Å². The van der Waals surface area contributed by atoms with Gasteiger partial charge in [0.1, 0.15) is 0 Å². The van der Waals surface area contributed by atoms with Gasteiger partial charge in [-0.3, -0.25) is 0 Å². The largest absolute Gasteiger partial charge is 0.309 e.